The van der Waals surface area contributed by atoms with Crippen molar-refractivity contribution in [2.45, 2.75) is 12.3 Å². The predicted molar refractivity (Wildman–Crippen MR) is 40.3 cm³/mol. The number of hydrogen-bond donors (Lipinski definition) is 1. The fourth-order valence-electron chi connectivity index (χ4n) is 0.656. The highest BCUT2D eigenvalue weighted by Crippen LogP contribution is 2.35. The minimum Gasteiger partial charge on any atom is -0.379 e. The van der Waals surface area contributed by atoms with Crippen LogP contribution in [0.3, 0.4) is 0 Å². The number of thiophene rings is 1. The summed E-state index contributed by atoms with van der Waals surface area (Å²) in [7, 11) is 0. The van der Waals surface area contributed by atoms with Crippen LogP contribution in [0.15, 0.2) is 11.4 Å². The summed E-state index contributed by atoms with van der Waals surface area (Å²) in [5, 5.41) is 9.87. The smallest absolute Gasteiger partial charge is 0.379 e. The quantitative estimate of drug-likeness (QED) is 0.765. The molecule has 68 valence electrons. The maximum Gasteiger partial charge on any atom is 0.418 e. The minimum absolute atomic E-state index is 0.211. The summed E-state index contributed by atoms with van der Waals surface area (Å²) in [6.07, 6.45) is -7.05. The maximum absolute atomic E-state index is 11.9. The van der Waals surface area contributed by atoms with Gasteiger partial charge in [-0.25, -0.2) is 0 Å². The lowest BCUT2D eigenvalue weighted by molar-refractivity contribution is -0.206. The molecule has 1 nitrogen and oxygen atoms in total. The Morgan fingerprint density at radius 1 is 1.50 bits per heavy atom. The van der Waals surface area contributed by atoms with Crippen LogP contribution in [0.4, 0.5) is 13.2 Å². The normalized spacial score (nSPS) is 14.8. The van der Waals surface area contributed by atoms with Gasteiger partial charge < -0.3 is 5.11 Å². The zero-order chi connectivity index (χ0) is 9.35. The Bertz CT molecular complexity index is 270. The highest BCUT2D eigenvalue weighted by Gasteiger charge is 2.39. The van der Waals surface area contributed by atoms with Crippen molar-refractivity contribution in [3.05, 3.63) is 21.3 Å². The summed E-state index contributed by atoms with van der Waals surface area (Å²) in [5.74, 6) is 0. The molecule has 1 aromatic rings. The van der Waals surface area contributed by atoms with E-state index in [9.17, 15) is 13.2 Å². The summed E-state index contributed by atoms with van der Waals surface area (Å²) in [4.78, 5) is 0. The molecule has 6 heteroatoms. The molecule has 0 radical (unpaired) electrons. The van der Waals surface area contributed by atoms with E-state index in [4.69, 9.17) is 16.7 Å². The monoisotopic (exact) mass is 216 g/mol. The molecule has 0 unspecified atom stereocenters. The number of aliphatic hydroxyl groups excluding tert-OH is 1. The zero-order valence-corrected chi connectivity index (χ0v) is 7.17. The molecule has 1 heterocycles. The number of alkyl halides is 3. The van der Waals surface area contributed by atoms with Gasteiger partial charge in [-0.3, -0.25) is 0 Å². The van der Waals surface area contributed by atoms with E-state index in [1.165, 1.54) is 5.38 Å². The summed E-state index contributed by atoms with van der Waals surface area (Å²) in [6, 6.07) is 1.10. The van der Waals surface area contributed by atoms with E-state index in [1.54, 1.807) is 0 Å². The highest BCUT2D eigenvalue weighted by molar-refractivity contribution is 7.14. The molecule has 1 N–H and O–H groups in total. The van der Waals surface area contributed by atoms with Crippen LogP contribution in [-0.2, 0) is 0 Å². The molecule has 0 saturated heterocycles. The van der Waals surface area contributed by atoms with Gasteiger partial charge in [0.2, 0.25) is 0 Å². The highest BCUT2D eigenvalue weighted by atomic mass is 35.5. The van der Waals surface area contributed by atoms with E-state index in [-0.39, 0.29) is 9.90 Å². The van der Waals surface area contributed by atoms with Crippen molar-refractivity contribution in [3.63, 3.8) is 0 Å². The van der Waals surface area contributed by atoms with Crippen LogP contribution in [0.1, 0.15) is 11.7 Å². The molecule has 0 aromatic carbocycles. The van der Waals surface area contributed by atoms with Gasteiger partial charge in [0.05, 0.1) is 4.34 Å². The maximum atomic E-state index is 11.9. The Balaban J connectivity index is 2.85. The van der Waals surface area contributed by atoms with Gasteiger partial charge in [-0.1, -0.05) is 11.6 Å². The molecule has 0 saturated carbocycles. The molecule has 0 bridgehead atoms. The summed E-state index contributed by atoms with van der Waals surface area (Å²) >= 11 is 6.35. The lowest BCUT2D eigenvalue weighted by Crippen LogP contribution is -2.19. The minimum atomic E-state index is -4.62. The molecule has 1 atom stereocenters. The molecule has 1 rings (SSSR count). The fraction of sp³-hybridized carbons (Fsp3) is 0.333. The van der Waals surface area contributed by atoms with Crippen LogP contribution in [0.2, 0.25) is 4.34 Å². The van der Waals surface area contributed by atoms with Crippen LogP contribution >= 0.6 is 22.9 Å². The van der Waals surface area contributed by atoms with Crippen molar-refractivity contribution in [1.29, 1.82) is 0 Å². The van der Waals surface area contributed by atoms with E-state index >= 15 is 0 Å². The number of halogens is 4. The van der Waals surface area contributed by atoms with Crippen molar-refractivity contribution in [3.8, 4) is 0 Å². The summed E-state index contributed by atoms with van der Waals surface area (Å²) in [5.41, 5.74) is -0.211. The molecule has 0 aliphatic rings. The Morgan fingerprint density at radius 2 is 2.08 bits per heavy atom. The van der Waals surface area contributed by atoms with Crippen LogP contribution in [0, 0.1) is 0 Å². The van der Waals surface area contributed by atoms with Crippen LogP contribution in [0.25, 0.3) is 0 Å². The molecular formula is C6H4ClF3OS. The lowest BCUT2D eigenvalue weighted by Gasteiger charge is -2.12. The molecular weight excluding hydrogens is 213 g/mol. The number of rotatable bonds is 1. The average molecular weight is 217 g/mol. The Kier molecular flexibility index (Phi) is 2.65. The molecule has 0 amide bonds. The van der Waals surface area contributed by atoms with E-state index < -0.39 is 12.3 Å². The summed E-state index contributed by atoms with van der Waals surface area (Å²) < 4.78 is 35.8. The second-order valence-electron chi connectivity index (χ2n) is 2.13. The van der Waals surface area contributed by atoms with Crippen LogP contribution in [0.5, 0.6) is 0 Å². The first kappa shape index (κ1) is 9.83. The molecule has 0 fully saturated rings. The largest absolute Gasteiger partial charge is 0.418 e. The van der Waals surface area contributed by atoms with Crippen molar-refractivity contribution >= 4 is 22.9 Å². The van der Waals surface area contributed by atoms with Gasteiger partial charge in [-0.15, -0.1) is 11.3 Å². The van der Waals surface area contributed by atoms with E-state index in [1.807, 2.05) is 0 Å². The van der Waals surface area contributed by atoms with Gasteiger partial charge in [-0.2, -0.15) is 13.2 Å². The zero-order valence-electron chi connectivity index (χ0n) is 5.60. The predicted octanol–water partition coefficient (Wildman–Crippen LogP) is 3.00. The number of hydrogen-bond acceptors (Lipinski definition) is 2. The standard InChI is InChI=1S/C6H4ClF3OS/c7-4-1-3(2-12-4)5(11)6(8,9)10/h1-2,5,11H/t5-/m1/s1. The molecule has 1 aromatic heterocycles. The van der Waals surface area contributed by atoms with Gasteiger partial charge >= 0.3 is 6.18 Å². The Labute approximate surface area is 75.4 Å². The molecule has 12 heavy (non-hydrogen) atoms. The van der Waals surface area contributed by atoms with Crippen molar-refractivity contribution in [2.24, 2.45) is 0 Å². The van der Waals surface area contributed by atoms with Gasteiger partial charge in [0.1, 0.15) is 0 Å². The third-order valence-corrected chi connectivity index (χ3v) is 2.32. The first-order valence-electron chi connectivity index (χ1n) is 2.90. The number of aliphatic hydroxyl groups is 1. The van der Waals surface area contributed by atoms with Crippen molar-refractivity contribution in [1.82, 2.24) is 0 Å². The van der Waals surface area contributed by atoms with Crippen LogP contribution in [-0.4, -0.2) is 11.3 Å². The van der Waals surface area contributed by atoms with Gasteiger partial charge in [0, 0.05) is 5.56 Å². The molecule has 0 aliphatic carbocycles. The van der Waals surface area contributed by atoms with E-state index in [2.05, 4.69) is 0 Å². The first-order chi connectivity index (χ1) is 5.41. The summed E-state index contributed by atoms with van der Waals surface area (Å²) in [6.45, 7) is 0. The average Bonchev–Trinajstić information content (AvgIpc) is 2.32. The van der Waals surface area contributed by atoms with Gasteiger partial charge in [-0.05, 0) is 11.4 Å². The van der Waals surface area contributed by atoms with Gasteiger partial charge in [0.15, 0.2) is 6.10 Å². The first-order valence-corrected chi connectivity index (χ1v) is 4.15. The second kappa shape index (κ2) is 3.24. The van der Waals surface area contributed by atoms with E-state index in [0.29, 0.717) is 0 Å². The fourth-order valence-corrected chi connectivity index (χ4v) is 1.57. The second-order valence-corrected chi connectivity index (χ2v) is 3.67. The molecule has 0 aliphatic heterocycles. The Morgan fingerprint density at radius 3 is 2.42 bits per heavy atom. The lowest BCUT2D eigenvalue weighted by atomic mass is 10.2. The Hall–Kier alpha value is -0.260. The van der Waals surface area contributed by atoms with Gasteiger partial charge in [0.25, 0.3) is 0 Å². The van der Waals surface area contributed by atoms with E-state index in [0.717, 1.165) is 17.4 Å². The van der Waals surface area contributed by atoms with Crippen molar-refractivity contribution < 1.29 is 18.3 Å². The van der Waals surface area contributed by atoms with Crippen molar-refractivity contribution in [2.75, 3.05) is 0 Å². The van der Waals surface area contributed by atoms with Crippen LogP contribution < -0.4 is 0 Å². The SMILES string of the molecule is O[C@H](c1csc(Cl)c1)C(F)(F)F. The topological polar surface area (TPSA) is 20.2 Å². The third kappa shape index (κ3) is 2.12. The third-order valence-electron chi connectivity index (χ3n) is 1.21. The molecule has 0 spiro atoms.